The van der Waals surface area contributed by atoms with Gasteiger partial charge in [-0.2, -0.15) is 0 Å². The summed E-state index contributed by atoms with van der Waals surface area (Å²) in [6, 6.07) is 7.26. The lowest BCUT2D eigenvalue weighted by Gasteiger charge is -2.20. The van der Waals surface area contributed by atoms with Crippen molar-refractivity contribution >= 4 is 28.8 Å². The third kappa shape index (κ3) is 5.78. The van der Waals surface area contributed by atoms with E-state index < -0.39 is 0 Å². The first-order chi connectivity index (χ1) is 11.6. The Kier molecular flexibility index (Phi) is 7.49. The molecule has 0 N–H and O–H groups in total. The minimum Gasteiger partial charge on any atom is -0.486 e. The molecular weight excluding hydrogens is 348 g/mol. The van der Waals surface area contributed by atoms with Gasteiger partial charge in [-0.05, 0) is 24.6 Å². The van der Waals surface area contributed by atoms with Gasteiger partial charge in [-0.15, -0.1) is 11.3 Å². The Morgan fingerprint density at radius 2 is 2.25 bits per heavy atom. The van der Waals surface area contributed by atoms with Crippen molar-refractivity contribution in [1.29, 1.82) is 0 Å². The summed E-state index contributed by atoms with van der Waals surface area (Å²) in [5.41, 5.74) is 0.864. The van der Waals surface area contributed by atoms with E-state index in [0.717, 1.165) is 17.1 Å². The minimum absolute atomic E-state index is 0.0240. The quantitative estimate of drug-likeness (QED) is 0.676. The number of methoxy groups -OCH3 is 1. The number of rotatable bonds is 9. The number of ether oxygens (including phenoxy) is 2. The molecule has 0 saturated carbocycles. The van der Waals surface area contributed by atoms with Crippen LogP contribution in [-0.2, 0) is 22.7 Å². The average Bonchev–Trinajstić information content (AvgIpc) is 3.00. The lowest BCUT2D eigenvalue weighted by Crippen LogP contribution is -2.34. The first-order valence-corrected chi connectivity index (χ1v) is 8.96. The average molecular weight is 369 g/mol. The molecule has 24 heavy (non-hydrogen) atoms. The van der Waals surface area contributed by atoms with Crippen LogP contribution in [0.2, 0.25) is 5.02 Å². The maximum atomic E-state index is 12.0. The summed E-state index contributed by atoms with van der Waals surface area (Å²) in [5.74, 6) is 0.686. The zero-order valence-electron chi connectivity index (χ0n) is 13.8. The molecular formula is C17H21ClN2O3S. The predicted octanol–water partition coefficient (Wildman–Crippen LogP) is 3.76. The molecule has 2 rings (SSSR count). The van der Waals surface area contributed by atoms with Gasteiger partial charge in [0.15, 0.2) is 0 Å². The van der Waals surface area contributed by atoms with Crippen molar-refractivity contribution in [3.8, 4) is 5.75 Å². The highest BCUT2D eigenvalue weighted by atomic mass is 35.5. The second-order valence-corrected chi connectivity index (χ2v) is 6.61. The molecule has 7 heteroatoms. The van der Waals surface area contributed by atoms with E-state index in [2.05, 4.69) is 4.98 Å². The number of thiazole rings is 1. The molecule has 0 atom stereocenters. The third-order valence-corrected chi connectivity index (χ3v) is 4.33. The molecule has 1 aromatic heterocycles. The molecule has 0 radical (unpaired) electrons. The van der Waals surface area contributed by atoms with E-state index in [1.54, 1.807) is 17.0 Å². The van der Waals surface area contributed by atoms with Crippen LogP contribution in [0.15, 0.2) is 29.6 Å². The van der Waals surface area contributed by atoms with Gasteiger partial charge in [-0.1, -0.05) is 24.6 Å². The molecule has 1 heterocycles. The molecule has 0 unspecified atom stereocenters. The van der Waals surface area contributed by atoms with Crippen LogP contribution >= 0.6 is 22.9 Å². The summed E-state index contributed by atoms with van der Waals surface area (Å²) in [6.45, 7) is 3.69. The zero-order valence-corrected chi connectivity index (χ0v) is 15.4. The van der Waals surface area contributed by atoms with Crippen LogP contribution in [0.5, 0.6) is 5.75 Å². The minimum atomic E-state index is -0.0240. The number of hydrogen-bond donors (Lipinski definition) is 0. The van der Waals surface area contributed by atoms with Gasteiger partial charge in [0.1, 0.15) is 24.0 Å². The molecule has 0 aliphatic rings. The molecule has 0 bridgehead atoms. The standard InChI is InChI=1S/C17H21ClN2O3S/c1-3-7-20(17(21)11-22-2)9-14-12-24-16(19-14)10-23-15-6-4-5-13(18)8-15/h4-6,8,12H,3,7,9-11H2,1-2H3. The number of carbonyl (C=O) groups is 1. The maximum Gasteiger partial charge on any atom is 0.248 e. The van der Waals surface area contributed by atoms with Gasteiger partial charge in [0.05, 0.1) is 12.2 Å². The second kappa shape index (κ2) is 9.61. The molecule has 5 nitrogen and oxygen atoms in total. The van der Waals surface area contributed by atoms with Gasteiger partial charge in [-0.3, -0.25) is 4.79 Å². The fourth-order valence-corrected chi connectivity index (χ4v) is 3.04. The van der Waals surface area contributed by atoms with Crippen molar-refractivity contribution in [2.75, 3.05) is 20.3 Å². The Morgan fingerprint density at radius 1 is 1.42 bits per heavy atom. The Hall–Kier alpha value is -1.63. The summed E-state index contributed by atoms with van der Waals surface area (Å²) in [7, 11) is 1.52. The topological polar surface area (TPSA) is 51.7 Å². The molecule has 0 spiro atoms. The van der Waals surface area contributed by atoms with Crippen LogP contribution in [0.4, 0.5) is 0 Å². The van der Waals surface area contributed by atoms with Gasteiger partial charge >= 0.3 is 0 Å². The summed E-state index contributed by atoms with van der Waals surface area (Å²) >= 11 is 7.45. The van der Waals surface area contributed by atoms with E-state index in [-0.39, 0.29) is 12.5 Å². The van der Waals surface area contributed by atoms with E-state index in [1.165, 1.54) is 18.4 Å². The number of hydrogen-bond acceptors (Lipinski definition) is 5. The second-order valence-electron chi connectivity index (χ2n) is 5.23. The first kappa shape index (κ1) is 18.7. The smallest absolute Gasteiger partial charge is 0.248 e. The van der Waals surface area contributed by atoms with Crippen LogP contribution in [-0.4, -0.2) is 36.1 Å². The van der Waals surface area contributed by atoms with Crippen LogP contribution in [0.1, 0.15) is 24.0 Å². The highest BCUT2D eigenvalue weighted by Gasteiger charge is 2.14. The van der Waals surface area contributed by atoms with Crippen LogP contribution in [0.3, 0.4) is 0 Å². The van der Waals surface area contributed by atoms with Gasteiger partial charge in [0.25, 0.3) is 0 Å². The van der Waals surface area contributed by atoms with E-state index in [4.69, 9.17) is 21.1 Å². The van der Waals surface area contributed by atoms with Crippen LogP contribution < -0.4 is 4.74 Å². The van der Waals surface area contributed by atoms with Crippen LogP contribution in [0.25, 0.3) is 0 Å². The molecule has 130 valence electrons. The van der Waals surface area contributed by atoms with Crippen molar-refractivity contribution in [1.82, 2.24) is 9.88 Å². The number of amides is 1. The summed E-state index contributed by atoms with van der Waals surface area (Å²) < 4.78 is 10.6. The van der Waals surface area contributed by atoms with Gasteiger partial charge in [0, 0.05) is 24.1 Å². The Morgan fingerprint density at radius 3 is 2.96 bits per heavy atom. The maximum absolute atomic E-state index is 12.0. The number of carbonyl (C=O) groups excluding carboxylic acids is 1. The monoisotopic (exact) mass is 368 g/mol. The largest absolute Gasteiger partial charge is 0.486 e. The summed E-state index contributed by atoms with van der Waals surface area (Å²) in [4.78, 5) is 18.3. The molecule has 0 fully saturated rings. The molecule has 0 saturated heterocycles. The molecule has 0 aliphatic carbocycles. The Balaban J connectivity index is 1.92. The Labute approximate surface area is 151 Å². The van der Waals surface area contributed by atoms with Crippen molar-refractivity contribution in [3.05, 3.63) is 45.4 Å². The van der Waals surface area contributed by atoms with E-state index >= 15 is 0 Å². The van der Waals surface area contributed by atoms with E-state index in [0.29, 0.717) is 30.5 Å². The van der Waals surface area contributed by atoms with Gasteiger partial charge in [-0.25, -0.2) is 4.98 Å². The summed E-state index contributed by atoms with van der Waals surface area (Å²) in [6.07, 6.45) is 0.893. The molecule has 2 aromatic rings. The number of aromatic nitrogens is 1. The normalized spacial score (nSPS) is 10.6. The lowest BCUT2D eigenvalue weighted by atomic mass is 10.3. The van der Waals surface area contributed by atoms with Crippen LogP contribution in [0, 0.1) is 0 Å². The van der Waals surface area contributed by atoms with E-state index in [1.807, 2.05) is 24.4 Å². The summed E-state index contributed by atoms with van der Waals surface area (Å²) in [5, 5.41) is 3.46. The number of nitrogens with zero attached hydrogens (tertiary/aromatic N) is 2. The molecule has 0 aliphatic heterocycles. The van der Waals surface area contributed by atoms with E-state index in [9.17, 15) is 4.79 Å². The predicted molar refractivity (Wildman–Crippen MR) is 95.5 cm³/mol. The third-order valence-electron chi connectivity index (χ3n) is 3.22. The molecule has 1 aromatic carbocycles. The van der Waals surface area contributed by atoms with Gasteiger partial charge in [0.2, 0.25) is 5.91 Å². The van der Waals surface area contributed by atoms with Crippen molar-refractivity contribution in [3.63, 3.8) is 0 Å². The fraction of sp³-hybridized carbons (Fsp3) is 0.412. The van der Waals surface area contributed by atoms with Gasteiger partial charge < -0.3 is 14.4 Å². The highest BCUT2D eigenvalue weighted by molar-refractivity contribution is 7.09. The fourth-order valence-electron chi connectivity index (χ4n) is 2.16. The number of halogens is 1. The Bertz CT molecular complexity index is 663. The van der Waals surface area contributed by atoms with Crippen molar-refractivity contribution in [2.45, 2.75) is 26.5 Å². The first-order valence-electron chi connectivity index (χ1n) is 7.70. The highest BCUT2D eigenvalue weighted by Crippen LogP contribution is 2.20. The number of benzene rings is 1. The SMILES string of the molecule is CCCN(Cc1csc(COc2cccc(Cl)c2)n1)C(=O)COC. The zero-order chi connectivity index (χ0) is 17.4. The molecule has 1 amide bonds. The van der Waals surface area contributed by atoms with Crippen molar-refractivity contribution < 1.29 is 14.3 Å². The lowest BCUT2D eigenvalue weighted by molar-refractivity contribution is -0.135. The van der Waals surface area contributed by atoms with Crippen molar-refractivity contribution in [2.24, 2.45) is 0 Å².